The van der Waals surface area contributed by atoms with Gasteiger partial charge in [-0.05, 0) is 36.6 Å². The van der Waals surface area contributed by atoms with Crippen molar-refractivity contribution in [1.82, 2.24) is 15.1 Å². The summed E-state index contributed by atoms with van der Waals surface area (Å²) in [7, 11) is 0. The van der Waals surface area contributed by atoms with E-state index in [1.54, 1.807) is 4.90 Å². The Morgan fingerprint density at radius 2 is 1.75 bits per heavy atom. The van der Waals surface area contributed by atoms with Crippen LogP contribution < -0.4 is 10.2 Å². The number of nitrogens with one attached hydrogen (secondary N) is 1. The Hall–Kier alpha value is -3.55. The molecule has 0 aromatic heterocycles. The molecular weight excluding hydrogens is 408 g/mol. The molecule has 0 radical (unpaired) electrons. The van der Waals surface area contributed by atoms with Crippen LogP contribution in [0.2, 0.25) is 0 Å². The monoisotopic (exact) mass is 436 g/mol. The number of ether oxygens (including phenoxy) is 1. The SMILES string of the molecule is Cc1ccc(C)c(N2CCN(C(=O)[C@@H]3CNC(=O)N3C(=O)OCc3ccccc3)CC2)c1. The molecule has 8 nitrogen and oxygen atoms in total. The van der Waals surface area contributed by atoms with Crippen LogP contribution in [0.4, 0.5) is 15.3 Å². The van der Waals surface area contributed by atoms with Gasteiger partial charge in [0.05, 0.1) is 0 Å². The predicted molar refractivity (Wildman–Crippen MR) is 120 cm³/mol. The maximum atomic E-state index is 13.2. The largest absolute Gasteiger partial charge is 0.444 e. The second kappa shape index (κ2) is 9.30. The van der Waals surface area contributed by atoms with Gasteiger partial charge in [0.15, 0.2) is 0 Å². The molecule has 1 N–H and O–H groups in total. The second-order valence-electron chi connectivity index (χ2n) is 8.21. The number of anilines is 1. The molecule has 2 aliphatic heterocycles. The fourth-order valence-electron chi connectivity index (χ4n) is 4.14. The predicted octanol–water partition coefficient (Wildman–Crippen LogP) is 2.68. The first-order valence-electron chi connectivity index (χ1n) is 10.8. The Kier molecular flexibility index (Phi) is 6.30. The van der Waals surface area contributed by atoms with E-state index in [1.165, 1.54) is 16.8 Å². The van der Waals surface area contributed by atoms with E-state index < -0.39 is 18.2 Å². The summed E-state index contributed by atoms with van der Waals surface area (Å²) in [4.78, 5) is 42.9. The molecule has 168 valence electrons. The van der Waals surface area contributed by atoms with Crippen LogP contribution in [-0.2, 0) is 16.1 Å². The Morgan fingerprint density at radius 1 is 1.03 bits per heavy atom. The summed E-state index contributed by atoms with van der Waals surface area (Å²) in [5, 5.41) is 2.60. The summed E-state index contributed by atoms with van der Waals surface area (Å²) in [6.45, 7) is 6.74. The summed E-state index contributed by atoms with van der Waals surface area (Å²) in [5.74, 6) is -0.236. The minimum absolute atomic E-state index is 0.0406. The van der Waals surface area contributed by atoms with E-state index >= 15 is 0 Å². The number of hydrogen-bond acceptors (Lipinski definition) is 5. The van der Waals surface area contributed by atoms with Crippen molar-refractivity contribution in [1.29, 1.82) is 0 Å². The Bertz CT molecular complexity index is 1000. The zero-order chi connectivity index (χ0) is 22.7. The van der Waals surface area contributed by atoms with Crippen molar-refractivity contribution >= 4 is 23.7 Å². The van der Waals surface area contributed by atoms with Gasteiger partial charge in [0.1, 0.15) is 12.6 Å². The van der Waals surface area contributed by atoms with Gasteiger partial charge in [-0.15, -0.1) is 0 Å². The number of carbonyl (C=O) groups is 3. The number of carbonyl (C=O) groups excluding carboxylic acids is 3. The molecule has 2 aliphatic rings. The molecule has 0 unspecified atom stereocenters. The van der Waals surface area contributed by atoms with Crippen LogP contribution in [0.3, 0.4) is 0 Å². The van der Waals surface area contributed by atoms with Crippen molar-refractivity contribution in [3.63, 3.8) is 0 Å². The molecule has 0 aliphatic carbocycles. The molecule has 0 saturated carbocycles. The summed E-state index contributed by atoms with van der Waals surface area (Å²) >= 11 is 0. The third-order valence-corrected chi connectivity index (χ3v) is 5.96. The van der Waals surface area contributed by atoms with Crippen LogP contribution in [0.5, 0.6) is 0 Å². The second-order valence-corrected chi connectivity index (χ2v) is 8.21. The number of nitrogens with zero attached hydrogens (tertiary/aromatic N) is 3. The molecule has 4 amide bonds. The summed E-state index contributed by atoms with van der Waals surface area (Å²) in [6.07, 6.45) is -0.809. The standard InChI is InChI=1S/C24H28N4O4/c1-17-8-9-18(2)20(14-17)26-10-12-27(13-11-26)22(29)21-15-25-23(30)28(21)24(31)32-16-19-6-4-3-5-7-19/h3-9,14,21H,10-13,15-16H2,1-2H3,(H,25,30)/t21-/m0/s1. The summed E-state index contributed by atoms with van der Waals surface area (Å²) in [5.41, 5.74) is 4.39. The summed E-state index contributed by atoms with van der Waals surface area (Å²) in [6, 6.07) is 14.1. The number of benzene rings is 2. The van der Waals surface area contributed by atoms with Crippen molar-refractivity contribution in [3.05, 3.63) is 65.2 Å². The molecule has 2 aromatic rings. The first-order valence-corrected chi connectivity index (χ1v) is 10.8. The highest BCUT2D eigenvalue weighted by Crippen LogP contribution is 2.23. The molecule has 2 aromatic carbocycles. The number of rotatable bonds is 4. The number of hydrogen-bond donors (Lipinski definition) is 1. The topological polar surface area (TPSA) is 82.2 Å². The van der Waals surface area contributed by atoms with Crippen molar-refractivity contribution in [2.45, 2.75) is 26.5 Å². The Balaban J connectivity index is 1.37. The third-order valence-electron chi connectivity index (χ3n) is 5.96. The van der Waals surface area contributed by atoms with Crippen LogP contribution >= 0.6 is 0 Å². The molecule has 4 rings (SSSR count). The van der Waals surface area contributed by atoms with Gasteiger partial charge < -0.3 is 19.9 Å². The fraction of sp³-hybridized carbons (Fsp3) is 0.375. The van der Waals surface area contributed by atoms with Crippen LogP contribution in [-0.4, -0.2) is 66.6 Å². The number of aryl methyl sites for hydroxylation is 2. The highest BCUT2D eigenvalue weighted by atomic mass is 16.6. The average molecular weight is 437 g/mol. The maximum absolute atomic E-state index is 13.2. The normalized spacial score (nSPS) is 18.5. The van der Waals surface area contributed by atoms with Crippen LogP contribution in [0.15, 0.2) is 48.5 Å². The minimum atomic E-state index is -0.891. The van der Waals surface area contributed by atoms with E-state index in [0.717, 1.165) is 10.5 Å². The molecular formula is C24H28N4O4. The molecule has 32 heavy (non-hydrogen) atoms. The van der Waals surface area contributed by atoms with Gasteiger partial charge in [0.2, 0.25) is 5.91 Å². The van der Waals surface area contributed by atoms with E-state index in [0.29, 0.717) is 26.2 Å². The van der Waals surface area contributed by atoms with Crippen LogP contribution in [0, 0.1) is 13.8 Å². The maximum Gasteiger partial charge on any atom is 0.419 e. The molecule has 2 heterocycles. The fourth-order valence-corrected chi connectivity index (χ4v) is 4.14. The van der Waals surface area contributed by atoms with Gasteiger partial charge in [-0.3, -0.25) is 4.79 Å². The quantitative estimate of drug-likeness (QED) is 0.797. The van der Waals surface area contributed by atoms with E-state index in [1.807, 2.05) is 30.3 Å². The Morgan fingerprint density at radius 3 is 2.47 bits per heavy atom. The molecule has 1 atom stereocenters. The lowest BCUT2D eigenvalue weighted by Gasteiger charge is -2.38. The van der Waals surface area contributed by atoms with Gasteiger partial charge in [0, 0.05) is 38.4 Å². The zero-order valence-electron chi connectivity index (χ0n) is 18.4. The minimum Gasteiger partial charge on any atom is -0.444 e. The van der Waals surface area contributed by atoms with Crippen molar-refractivity contribution < 1.29 is 19.1 Å². The average Bonchev–Trinajstić information content (AvgIpc) is 3.21. The van der Waals surface area contributed by atoms with Gasteiger partial charge >= 0.3 is 12.1 Å². The lowest BCUT2D eigenvalue weighted by molar-refractivity contribution is -0.135. The zero-order valence-corrected chi connectivity index (χ0v) is 18.4. The molecule has 0 bridgehead atoms. The highest BCUT2D eigenvalue weighted by molar-refractivity contribution is 6.00. The lowest BCUT2D eigenvalue weighted by atomic mass is 10.1. The molecule has 2 fully saturated rings. The van der Waals surface area contributed by atoms with Gasteiger partial charge in [-0.2, -0.15) is 0 Å². The highest BCUT2D eigenvalue weighted by Gasteiger charge is 2.43. The lowest BCUT2D eigenvalue weighted by Crippen LogP contribution is -2.55. The van der Waals surface area contributed by atoms with E-state index in [9.17, 15) is 14.4 Å². The third kappa shape index (κ3) is 4.54. The number of urea groups is 1. The van der Waals surface area contributed by atoms with Crippen molar-refractivity contribution in [3.8, 4) is 0 Å². The van der Waals surface area contributed by atoms with Gasteiger partial charge in [-0.25, -0.2) is 14.5 Å². The number of imide groups is 1. The molecule has 2 saturated heterocycles. The van der Waals surface area contributed by atoms with Crippen molar-refractivity contribution in [2.75, 3.05) is 37.6 Å². The van der Waals surface area contributed by atoms with Gasteiger partial charge in [-0.1, -0.05) is 42.5 Å². The number of piperazine rings is 1. The van der Waals surface area contributed by atoms with Crippen LogP contribution in [0.25, 0.3) is 0 Å². The number of amides is 4. The Labute approximate surface area is 187 Å². The van der Waals surface area contributed by atoms with Gasteiger partial charge in [0.25, 0.3) is 0 Å². The molecule has 0 spiro atoms. The first-order chi connectivity index (χ1) is 15.4. The van der Waals surface area contributed by atoms with E-state index in [-0.39, 0.29) is 19.1 Å². The first kappa shape index (κ1) is 21.7. The molecule has 8 heteroatoms. The smallest absolute Gasteiger partial charge is 0.419 e. The van der Waals surface area contributed by atoms with E-state index in [2.05, 4.69) is 42.3 Å². The summed E-state index contributed by atoms with van der Waals surface area (Å²) < 4.78 is 5.30. The van der Waals surface area contributed by atoms with E-state index in [4.69, 9.17) is 4.74 Å². The van der Waals surface area contributed by atoms with Crippen molar-refractivity contribution in [2.24, 2.45) is 0 Å². The van der Waals surface area contributed by atoms with Crippen LogP contribution in [0.1, 0.15) is 16.7 Å².